The maximum atomic E-state index is 11.9. The number of hydrogen-bond donors (Lipinski definition) is 1. The summed E-state index contributed by atoms with van der Waals surface area (Å²) in [5.74, 6) is 1.27. The van der Waals surface area contributed by atoms with Gasteiger partial charge < -0.3 is 5.32 Å². The Labute approximate surface area is 166 Å². The lowest BCUT2D eigenvalue weighted by molar-refractivity contribution is 0.311. The largest absolute Gasteiger partial charge is 0.351 e. The number of fused-ring (bicyclic) bond motifs is 1. The fourth-order valence-corrected chi connectivity index (χ4v) is 5.16. The molecule has 1 aliphatic carbocycles. The van der Waals surface area contributed by atoms with Crippen LogP contribution < -0.4 is 5.32 Å². The minimum atomic E-state index is -3.33. The van der Waals surface area contributed by atoms with E-state index in [1.807, 2.05) is 17.1 Å². The maximum Gasteiger partial charge on any atom is 0.235 e. The van der Waals surface area contributed by atoms with E-state index in [9.17, 15) is 8.42 Å². The van der Waals surface area contributed by atoms with E-state index in [2.05, 4.69) is 22.0 Å². The van der Waals surface area contributed by atoms with E-state index in [1.54, 1.807) is 0 Å². The minimum absolute atomic E-state index is 0.156. The van der Waals surface area contributed by atoms with Crippen molar-refractivity contribution in [3.05, 3.63) is 24.4 Å². The lowest BCUT2D eigenvalue weighted by Crippen LogP contribution is -2.41. The maximum absolute atomic E-state index is 11.9. The molecule has 8 nitrogen and oxygen atoms in total. The number of rotatable bonds is 6. The molecule has 1 N–H and O–H groups in total. The van der Waals surface area contributed by atoms with Crippen LogP contribution in [0.1, 0.15) is 44.9 Å². The molecule has 152 valence electrons. The Hall–Kier alpha value is -2.00. The third-order valence-electron chi connectivity index (χ3n) is 5.89. The Morgan fingerprint density at radius 3 is 2.61 bits per heavy atom. The zero-order valence-electron chi connectivity index (χ0n) is 16.1. The minimum Gasteiger partial charge on any atom is -0.351 e. The van der Waals surface area contributed by atoms with E-state index in [1.165, 1.54) is 36.4 Å². The van der Waals surface area contributed by atoms with Crippen LogP contribution in [0.15, 0.2) is 24.4 Å². The molecule has 0 aromatic carbocycles. The number of nitrogens with zero attached hydrogens (tertiary/aromatic N) is 5. The van der Waals surface area contributed by atoms with Crippen LogP contribution in [-0.4, -0.2) is 51.6 Å². The Kier molecular flexibility index (Phi) is 5.63. The zero-order chi connectivity index (χ0) is 19.6. The van der Waals surface area contributed by atoms with E-state index in [-0.39, 0.29) is 6.04 Å². The second-order valence-corrected chi connectivity index (χ2v) is 9.71. The lowest BCUT2D eigenvalue weighted by atomic mass is 9.89. The summed E-state index contributed by atoms with van der Waals surface area (Å²) in [6.45, 7) is 5.27. The van der Waals surface area contributed by atoms with Crippen molar-refractivity contribution in [2.75, 3.05) is 18.4 Å². The summed E-state index contributed by atoms with van der Waals surface area (Å²) in [5.41, 5.74) is 0.870. The van der Waals surface area contributed by atoms with Crippen LogP contribution >= 0.6 is 0 Å². The van der Waals surface area contributed by atoms with E-state index < -0.39 is 10.0 Å². The van der Waals surface area contributed by atoms with Crippen molar-refractivity contribution in [1.82, 2.24) is 24.1 Å². The van der Waals surface area contributed by atoms with E-state index in [0.29, 0.717) is 25.0 Å². The van der Waals surface area contributed by atoms with Crippen LogP contribution in [-0.2, 0) is 16.6 Å². The fourth-order valence-electron chi connectivity index (χ4n) is 4.23. The Bertz CT molecular complexity index is 927. The smallest absolute Gasteiger partial charge is 0.235 e. The van der Waals surface area contributed by atoms with Gasteiger partial charge in [-0.25, -0.2) is 18.1 Å². The molecule has 0 radical (unpaired) electrons. The molecule has 2 aromatic heterocycles. The van der Waals surface area contributed by atoms with Gasteiger partial charge in [0.05, 0.1) is 11.6 Å². The van der Waals surface area contributed by atoms with Crippen LogP contribution in [0, 0.1) is 5.92 Å². The van der Waals surface area contributed by atoms with Crippen molar-refractivity contribution >= 4 is 27.0 Å². The summed E-state index contributed by atoms with van der Waals surface area (Å²) in [4.78, 5) is 9.13. The number of piperidine rings is 1. The molecule has 1 saturated carbocycles. The topological polar surface area (TPSA) is 93.0 Å². The molecule has 0 atom stereocenters. The van der Waals surface area contributed by atoms with Gasteiger partial charge in [-0.15, -0.1) is 0 Å². The molecule has 0 amide bonds. The van der Waals surface area contributed by atoms with Gasteiger partial charge in [-0.2, -0.15) is 14.4 Å². The van der Waals surface area contributed by atoms with Crippen LogP contribution in [0.2, 0.25) is 0 Å². The first-order valence-electron chi connectivity index (χ1n) is 10.1. The van der Waals surface area contributed by atoms with Crippen molar-refractivity contribution in [1.29, 1.82) is 0 Å². The van der Waals surface area contributed by atoms with Crippen molar-refractivity contribution in [2.24, 2.45) is 5.92 Å². The van der Waals surface area contributed by atoms with Gasteiger partial charge in [0.1, 0.15) is 0 Å². The van der Waals surface area contributed by atoms with Gasteiger partial charge >= 0.3 is 0 Å². The van der Waals surface area contributed by atoms with Crippen LogP contribution in [0.25, 0.3) is 11.0 Å². The van der Waals surface area contributed by atoms with E-state index in [4.69, 9.17) is 4.98 Å². The molecular weight excluding hydrogens is 376 g/mol. The van der Waals surface area contributed by atoms with Crippen molar-refractivity contribution in [3.63, 3.8) is 0 Å². The molecule has 0 bridgehead atoms. The van der Waals surface area contributed by atoms with Gasteiger partial charge in [-0.3, -0.25) is 0 Å². The highest BCUT2D eigenvalue weighted by atomic mass is 32.2. The highest BCUT2D eigenvalue weighted by molar-refractivity contribution is 7.92. The summed E-state index contributed by atoms with van der Waals surface area (Å²) in [6, 6.07) is 0.156. The quantitative estimate of drug-likeness (QED) is 0.796. The molecule has 2 aliphatic rings. The monoisotopic (exact) mass is 404 g/mol. The van der Waals surface area contributed by atoms with Gasteiger partial charge in [0.2, 0.25) is 16.0 Å². The third kappa shape index (κ3) is 4.20. The van der Waals surface area contributed by atoms with Gasteiger partial charge in [0.15, 0.2) is 5.65 Å². The number of hydrogen-bond acceptors (Lipinski definition) is 6. The molecule has 3 heterocycles. The average Bonchev–Trinajstić information content (AvgIpc) is 3.11. The van der Waals surface area contributed by atoms with E-state index in [0.717, 1.165) is 35.8 Å². The average molecular weight is 405 g/mol. The molecule has 4 rings (SSSR count). The second kappa shape index (κ2) is 8.16. The zero-order valence-corrected chi connectivity index (χ0v) is 16.9. The number of anilines is 1. The summed E-state index contributed by atoms with van der Waals surface area (Å²) >= 11 is 0. The molecule has 9 heteroatoms. The first kappa shape index (κ1) is 19.3. The highest BCUT2D eigenvalue weighted by Gasteiger charge is 2.26. The van der Waals surface area contributed by atoms with Crippen LogP contribution in [0.5, 0.6) is 0 Å². The second-order valence-electron chi connectivity index (χ2n) is 7.83. The molecule has 28 heavy (non-hydrogen) atoms. The fraction of sp³-hybridized carbons (Fsp3) is 0.632. The normalized spacial score (nSPS) is 20.4. The van der Waals surface area contributed by atoms with E-state index >= 15 is 0 Å². The van der Waals surface area contributed by atoms with Gasteiger partial charge in [-0.05, 0) is 31.6 Å². The lowest BCUT2D eigenvalue weighted by Gasteiger charge is -2.30. The van der Waals surface area contributed by atoms with Gasteiger partial charge in [-0.1, -0.05) is 25.8 Å². The summed E-state index contributed by atoms with van der Waals surface area (Å²) in [6.07, 6.45) is 11.6. The van der Waals surface area contributed by atoms with Crippen LogP contribution in [0.3, 0.4) is 0 Å². The predicted molar refractivity (Wildman–Crippen MR) is 109 cm³/mol. The molecule has 0 unspecified atom stereocenters. The number of aromatic nitrogens is 4. The Morgan fingerprint density at radius 1 is 1.14 bits per heavy atom. The molecule has 0 spiro atoms. The SMILES string of the molecule is C=CS(=O)(=O)N1CCC(Nc2ncc3cnn(CC4CCCCC4)c3n2)CC1. The van der Waals surface area contributed by atoms with Gasteiger partial charge in [0.25, 0.3) is 0 Å². The standard InChI is InChI=1S/C19H28N6O2S/c1-2-28(26,27)24-10-8-17(9-11-24)22-19-20-12-16-13-21-25(18(16)23-19)14-15-6-4-3-5-7-15/h2,12-13,15,17H,1,3-11,14H2,(H,20,22,23). The Morgan fingerprint density at radius 2 is 1.89 bits per heavy atom. The van der Waals surface area contributed by atoms with Crippen molar-refractivity contribution in [3.8, 4) is 0 Å². The number of sulfonamides is 1. The first-order chi connectivity index (χ1) is 13.5. The summed E-state index contributed by atoms with van der Waals surface area (Å²) in [5, 5.41) is 9.87. The van der Waals surface area contributed by atoms with Crippen LogP contribution in [0.4, 0.5) is 5.95 Å². The van der Waals surface area contributed by atoms with Gasteiger partial charge in [0, 0.05) is 37.3 Å². The first-order valence-corrected chi connectivity index (χ1v) is 11.6. The van der Waals surface area contributed by atoms with Crippen molar-refractivity contribution < 1.29 is 8.42 Å². The molecular formula is C19H28N6O2S. The summed E-state index contributed by atoms with van der Waals surface area (Å²) in [7, 11) is -3.33. The number of nitrogens with one attached hydrogen (secondary N) is 1. The third-order valence-corrected chi connectivity index (χ3v) is 7.40. The summed E-state index contributed by atoms with van der Waals surface area (Å²) < 4.78 is 27.3. The molecule has 1 saturated heterocycles. The predicted octanol–water partition coefficient (Wildman–Crippen LogP) is 2.76. The highest BCUT2D eigenvalue weighted by Crippen LogP contribution is 2.26. The molecule has 2 fully saturated rings. The molecule has 1 aliphatic heterocycles. The molecule has 2 aromatic rings. The Balaban J connectivity index is 1.42. The van der Waals surface area contributed by atoms with Crippen molar-refractivity contribution in [2.45, 2.75) is 57.5 Å².